The highest BCUT2D eigenvalue weighted by Gasteiger charge is 2.27. The third kappa shape index (κ3) is 4.75. The molecule has 0 spiro atoms. The number of methoxy groups -OCH3 is 1. The van der Waals surface area contributed by atoms with Crippen LogP contribution in [-0.4, -0.2) is 55.3 Å². The van der Waals surface area contributed by atoms with E-state index in [0.29, 0.717) is 50.3 Å². The summed E-state index contributed by atoms with van der Waals surface area (Å²) >= 11 is 0. The van der Waals surface area contributed by atoms with Gasteiger partial charge in [0.2, 0.25) is 0 Å². The lowest BCUT2D eigenvalue weighted by Gasteiger charge is -2.30. The Labute approximate surface area is 140 Å². The van der Waals surface area contributed by atoms with E-state index in [1.807, 2.05) is 0 Å². The third-order valence-corrected chi connectivity index (χ3v) is 4.11. The molecule has 7 heteroatoms. The van der Waals surface area contributed by atoms with Crippen LogP contribution in [0, 0.1) is 11.7 Å². The van der Waals surface area contributed by atoms with Gasteiger partial charge in [0.1, 0.15) is 5.82 Å². The molecule has 1 aromatic rings. The number of hydrogen-bond acceptors (Lipinski definition) is 4. The van der Waals surface area contributed by atoms with Gasteiger partial charge in [0.25, 0.3) is 5.91 Å². The summed E-state index contributed by atoms with van der Waals surface area (Å²) in [5.74, 6) is -1.85. The number of carbonyl (C=O) groups excluding carboxylic acids is 1. The molecule has 1 fully saturated rings. The van der Waals surface area contributed by atoms with Gasteiger partial charge in [-0.25, -0.2) is 4.39 Å². The van der Waals surface area contributed by atoms with E-state index in [9.17, 15) is 14.0 Å². The van der Waals surface area contributed by atoms with Gasteiger partial charge < -0.3 is 19.5 Å². The molecule has 0 atom stereocenters. The van der Waals surface area contributed by atoms with Gasteiger partial charge in [-0.3, -0.25) is 9.59 Å². The summed E-state index contributed by atoms with van der Waals surface area (Å²) in [7, 11) is 1.55. The fraction of sp³-hybridized carbons (Fsp3) is 0.529. The zero-order valence-corrected chi connectivity index (χ0v) is 13.7. The second-order valence-electron chi connectivity index (χ2n) is 5.76. The number of halogens is 1. The molecule has 1 saturated heterocycles. The molecule has 2 rings (SSSR count). The smallest absolute Gasteiger partial charge is 0.306 e. The molecule has 1 aliphatic rings. The summed E-state index contributed by atoms with van der Waals surface area (Å²) in [4.78, 5) is 25.1. The minimum absolute atomic E-state index is 0.0669. The Bertz CT molecular complexity index is 584. The molecule has 0 bridgehead atoms. The number of carboxylic acids is 1. The van der Waals surface area contributed by atoms with Gasteiger partial charge in [-0.2, -0.15) is 0 Å². The average molecular weight is 339 g/mol. The van der Waals surface area contributed by atoms with Crippen LogP contribution in [-0.2, 0) is 20.9 Å². The number of ether oxygens (including phenoxy) is 2. The molecule has 6 nitrogen and oxygen atoms in total. The van der Waals surface area contributed by atoms with E-state index < -0.39 is 17.7 Å². The van der Waals surface area contributed by atoms with E-state index in [1.54, 1.807) is 12.0 Å². The van der Waals surface area contributed by atoms with Gasteiger partial charge in [0.15, 0.2) is 0 Å². The highest BCUT2D eigenvalue weighted by atomic mass is 19.1. The van der Waals surface area contributed by atoms with Gasteiger partial charge in [-0.1, -0.05) is 0 Å². The largest absolute Gasteiger partial charge is 0.481 e. The number of aliphatic carboxylic acids is 1. The number of likely N-dealkylation sites (tertiary alicyclic amines) is 1. The van der Waals surface area contributed by atoms with Crippen LogP contribution >= 0.6 is 0 Å². The summed E-state index contributed by atoms with van der Waals surface area (Å²) in [5.41, 5.74) is 0.702. The SMILES string of the molecule is COCCOCc1cc(C(=O)N2CCC(C(=O)O)CC2)ccc1F. The molecular formula is C17H22FNO5. The predicted molar refractivity (Wildman–Crippen MR) is 84.2 cm³/mol. The van der Waals surface area contributed by atoms with Gasteiger partial charge in [-0.05, 0) is 31.0 Å². The number of rotatable bonds is 7. The van der Waals surface area contributed by atoms with Gasteiger partial charge in [-0.15, -0.1) is 0 Å². The van der Waals surface area contributed by atoms with Crippen LogP contribution in [0.4, 0.5) is 4.39 Å². The van der Waals surface area contributed by atoms with Crippen molar-refractivity contribution in [1.29, 1.82) is 0 Å². The van der Waals surface area contributed by atoms with Crippen molar-refractivity contribution in [2.45, 2.75) is 19.4 Å². The number of carboxylic acid groups (broad SMARTS) is 1. The maximum atomic E-state index is 13.8. The number of piperidine rings is 1. The first-order valence-electron chi connectivity index (χ1n) is 7.90. The molecule has 1 amide bonds. The van der Waals surface area contributed by atoms with E-state index in [0.717, 1.165) is 0 Å². The molecular weight excluding hydrogens is 317 g/mol. The Morgan fingerprint density at radius 3 is 2.62 bits per heavy atom. The quantitative estimate of drug-likeness (QED) is 0.768. The van der Waals surface area contributed by atoms with Crippen LogP contribution < -0.4 is 0 Å². The van der Waals surface area contributed by atoms with Crippen LogP contribution in [0.1, 0.15) is 28.8 Å². The Kier molecular flexibility index (Phi) is 6.69. The third-order valence-electron chi connectivity index (χ3n) is 4.11. The molecule has 1 aromatic carbocycles. The molecule has 132 valence electrons. The summed E-state index contributed by atoms with van der Waals surface area (Å²) in [6.07, 6.45) is 0.879. The topological polar surface area (TPSA) is 76.1 Å². The van der Waals surface area contributed by atoms with Gasteiger partial charge >= 0.3 is 5.97 Å². The van der Waals surface area contributed by atoms with E-state index >= 15 is 0 Å². The number of amides is 1. The number of hydrogen-bond donors (Lipinski definition) is 1. The molecule has 1 aliphatic heterocycles. The molecule has 0 radical (unpaired) electrons. The molecule has 0 saturated carbocycles. The van der Waals surface area contributed by atoms with Crippen molar-refractivity contribution in [1.82, 2.24) is 4.90 Å². The van der Waals surface area contributed by atoms with Gasteiger partial charge in [0, 0.05) is 31.3 Å². The maximum absolute atomic E-state index is 13.8. The zero-order valence-electron chi connectivity index (χ0n) is 13.7. The monoisotopic (exact) mass is 339 g/mol. The predicted octanol–water partition coefficient (Wildman–Crippen LogP) is 1.93. The summed E-state index contributed by atoms with van der Waals surface area (Å²) in [6.45, 7) is 1.62. The van der Waals surface area contributed by atoms with Crippen molar-refractivity contribution in [3.8, 4) is 0 Å². The minimum atomic E-state index is -0.820. The highest BCUT2D eigenvalue weighted by molar-refractivity contribution is 5.94. The first-order valence-corrected chi connectivity index (χ1v) is 7.90. The van der Waals surface area contributed by atoms with Crippen molar-refractivity contribution in [3.05, 3.63) is 35.1 Å². The van der Waals surface area contributed by atoms with Crippen molar-refractivity contribution in [3.63, 3.8) is 0 Å². The lowest BCUT2D eigenvalue weighted by Crippen LogP contribution is -2.40. The lowest BCUT2D eigenvalue weighted by atomic mass is 9.96. The number of carbonyl (C=O) groups is 2. The molecule has 0 aliphatic carbocycles. The average Bonchev–Trinajstić information content (AvgIpc) is 2.59. The van der Waals surface area contributed by atoms with Crippen molar-refractivity contribution in [2.75, 3.05) is 33.4 Å². The van der Waals surface area contributed by atoms with Crippen LogP contribution in [0.15, 0.2) is 18.2 Å². The van der Waals surface area contributed by atoms with Crippen LogP contribution in [0.5, 0.6) is 0 Å². The Hall–Kier alpha value is -1.99. The summed E-state index contributed by atoms with van der Waals surface area (Å²) in [6, 6.07) is 4.19. The second kappa shape index (κ2) is 8.75. The zero-order chi connectivity index (χ0) is 17.5. The van der Waals surface area contributed by atoms with E-state index in [-0.39, 0.29) is 12.5 Å². The van der Waals surface area contributed by atoms with Crippen molar-refractivity contribution in [2.24, 2.45) is 5.92 Å². The fourth-order valence-electron chi connectivity index (χ4n) is 2.65. The summed E-state index contributed by atoms with van der Waals surface area (Å²) in [5, 5.41) is 9.00. The van der Waals surface area contributed by atoms with Crippen LogP contribution in [0.25, 0.3) is 0 Å². The minimum Gasteiger partial charge on any atom is -0.481 e. The fourth-order valence-corrected chi connectivity index (χ4v) is 2.65. The molecule has 24 heavy (non-hydrogen) atoms. The molecule has 0 aromatic heterocycles. The number of nitrogens with zero attached hydrogens (tertiary/aromatic N) is 1. The maximum Gasteiger partial charge on any atom is 0.306 e. The van der Waals surface area contributed by atoms with E-state index in [4.69, 9.17) is 14.6 Å². The Balaban J connectivity index is 1.98. The Morgan fingerprint density at radius 2 is 2.00 bits per heavy atom. The van der Waals surface area contributed by atoms with Crippen LogP contribution in [0.3, 0.4) is 0 Å². The molecule has 1 heterocycles. The van der Waals surface area contributed by atoms with Gasteiger partial charge in [0.05, 0.1) is 25.7 Å². The summed E-state index contributed by atoms with van der Waals surface area (Å²) < 4.78 is 24.0. The molecule has 0 unspecified atom stereocenters. The van der Waals surface area contributed by atoms with E-state index in [2.05, 4.69) is 0 Å². The van der Waals surface area contributed by atoms with Crippen molar-refractivity contribution >= 4 is 11.9 Å². The first kappa shape index (κ1) is 18.4. The van der Waals surface area contributed by atoms with Crippen molar-refractivity contribution < 1.29 is 28.6 Å². The normalized spacial score (nSPS) is 15.5. The standard InChI is InChI=1S/C17H22FNO5/c1-23-8-9-24-11-14-10-13(2-3-15(14)18)16(20)19-6-4-12(5-7-19)17(21)22/h2-3,10,12H,4-9,11H2,1H3,(H,21,22). The Morgan fingerprint density at radius 1 is 1.29 bits per heavy atom. The van der Waals surface area contributed by atoms with Crippen LogP contribution in [0.2, 0.25) is 0 Å². The lowest BCUT2D eigenvalue weighted by molar-refractivity contribution is -0.143. The molecule has 1 N–H and O–H groups in total. The highest BCUT2D eigenvalue weighted by Crippen LogP contribution is 2.20. The first-order chi connectivity index (χ1) is 11.5. The second-order valence-corrected chi connectivity index (χ2v) is 5.76. The number of benzene rings is 1. The van der Waals surface area contributed by atoms with E-state index in [1.165, 1.54) is 18.2 Å².